The van der Waals surface area contributed by atoms with Crippen molar-refractivity contribution in [3.05, 3.63) is 123 Å². The maximum absolute atomic E-state index is 10.6. The number of aliphatic hydroxyl groups excluding tert-OH is 1. The lowest BCUT2D eigenvalue weighted by Gasteiger charge is -2.12. The highest BCUT2D eigenvalue weighted by Crippen LogP contribution is 2.23. The Morgan fingerprint density at radius 3 is 1.39 bits per heavy atom. The molecule has 0 aliphatic carbocycles. The first-order valence-electron chi connectivity index (χ1n) is 21.1. The van der Waals surface area contributed by atoms with Crippen LogP contribution in [-0.2, 0) is 24.2 Å². The SMILES string of the molecule is CCC(C)(C)C.CCC(C)C(=O)O.CCC(C)c1ccc(C(=O)O)cc1.CCC(C)c1ccc(O)cc1.CCc1cc(C)cc(O)c1.CCc1cc(O)cc(C)c1CO. The average molecular weight is 819 g/mol. The highest BCUT2D eigenvalue weighted by molar-refractivity contribution is 5.87. The molecule has 330 valence electrons. The van der Waals surface area contributed by atoms with Gasteiger partial charge in [0.05, 0.1) is 18.1 Å². The Bertz CT molecular complexity index is 1720. The van der Waals surface area contributed by atoms with E-state index in [4.69, 9.17) is 25.5 Å². The van der Waals surface area contributed by atoms with Crippen LogP contribution in [0.25, 0.3) is 0 Å². The van der Waals surface area contributed by atoms with E-state index in [-0.39, 0.29) is 18.3 Å². The number of aliphatic hydroxyl groups is 1. The molecule has 3 atom stereocenters. The van der Waals surface area contributed by atoms with Gasteiger partial charge in [-0.2, -0.15) is 0 Å². The molecule has 0 saturated carbocycles. The van der Waals surface area contributed by atoms with E-state index in [1.807, 2.05) is 52.0 Å². The van der Waals surface area contributed by atoms with Gasteiger partial charge in [0.2, 0.25) is 0 Å². The van der Waals surface area contributed by atoms with Crippen LogP contribution in [0.3, 0.4) is 0 Å². The number of phenols is 3. The quantitative estimate of drug-likeness (QED) is 0.0924. The predicted molar refractivity (Wildman–Crippen MR) is 246 cm³/mol. The number of rotatable bonds is 10. The van der Waals surface area contributed by atoms with Crippen molar-refractivity contribution in [2.24, 2.45) is 11.3 Å². The maximum Gasteiger partial charge on any atom is 0.335 e. The number of carboxylic acid groups (broad SMARTS) is 2. The van der Waals surface area contributed by atoms with E-state index in [9.17, 15) is 14.7 Å². The molecule has 0 aliphatic rings. The van der Waals surface area contributed by atoms with Crippen LogP contribution < -0.4 is 0 Å². The highest BCUT2D eigenvalue weighted by atomic mass is 16.4. The molecule has 6 N–H and O–H groups in total. The zero-order valence-electron chi connectivity index (χ0n) is 38.7. The van der Waals surface area contributed by atoms with Crippen LogP contribution in [0.5, 0.6) is 17.2 Å². The smallest absolute Gasteiger partial charge is 0.335 e. The molecule has 0 amide bonds. The van der Waals surface area contributed by atoms with Crippen molar-refractivity contribution in [1.29, 1.82) is 0 Å². The standard InChI is InChI=1S/C11H14O2.C10H14O2.C10H14O.C9H12O.C6H14.C5H10O2/c1-3-8(2)9-4-6-10(7-5-9)11(12)13;1-3-8-5-9(12)4-7(2)10(8)6-11;1-3-8(2)9-4-6-10(11)7-5-9;1-3-8-4-7(2)5-9(10)6-8;1-5-6(2,3)4;1-3-4(2)5(6)7/h4-8H,3H2,1-2H3,(H,12,13);4-5,11-12H,3,6H2,1-2H3;4-8,11H,3H2,1-2H3;4-6,10H,3H2,1-2H3;5H2,1-4H3;4H,3H2,1-2H3,(H,6,7). The van der Waals surface area contributed by atoms with Gasteiger partial charge in [0.25, 0.3) is 0 Å². The zero-order valence-corrected chi connectivity index (χ0v) is 38.7. The third-order valence-corrected chi connectivity index (χ3v) is 10.1. The molecule has 0 fully saturated rings. The summed E-state index contributed by atoms with van der Waals surface area (Å²) in [6, 6.07) is 23.5. The fourth-order valence-electron chi connectivity index (χ4n) is 4.86. The Balaban J connectivity index is 0. The second-order valence-electron chi connectivity index (χ2n) is 16.1. The molecule has 0 radical (unpaired) electrons. The first-order valence-corrected chi connectivity index (χ1v) is 21.1. The van der Waals surface area contributed by atoms with Gasteiger partial charge in [-0.25, -0.2) is 4.79 Å². The van der Waals surface area contributed by atoms with Crippen molar-refractivity contribution >= 4 is 11.9 Å². The molecule has 0 aliphatic heterocycles. The zero-order chi connectivity index (χ0) is 45.9. The van der Waals surface area contributed by atoms with Crippen molar-refractivity contribution in [1.82, 2.24) is 0 Å². The van der Waals surface area contributed by atoms with Gasteiger partial charge in [0.15, 0.2) is 0 Å². The van der Waals surface area contributed by atoms with Gasteiger partial charge in [-0.05, 0) is 151 Å². The third-order valence-electron chi connectivity index (χ3n) is 10.1. The van der Waals surface area contributed by atoms with Gasteiger partial charge >= 0.3 is 11.9 Å². The number of carbonyl (C=O) groups is 2. The largest absolute Gasteiger partial charge is 0.508 e. The van der Waals surface area contributed by atoms with Crippen molar-refractivity contribution in [2.45, 2.75) is 154 Å². The molecule has 0 saturated heterocycles. The number of aromatic carboxylic acids is 1. The van der Waals surface area contributed by atoms with Crippen LogP contribution in [0.4, 0.5) is 0 Å². The third kappa shape index (κ3) is 25.3. The summed E-state index contributed by atoms with van der Waals surface area (Å²) in [4.78, 5) is 20.5. The van der Waals surface area contributed by atoms with Crippen LogP contribution in [0, 0.1) is 25.2 Å². The Hall–Kier alpha value is -4.82. The molecule has 0 spiro atoms. The number of aliphatic carboxylic acids is 1. The van der Waals surface area contributed by atoms with Gasteiger partial charge < -0.3 is 30.6 Å². The lowest BCUT2D eigenvalue weighted by Crippen LogP contribution is -2.06. The molecular weight excluding hydrogens is 741 g/mol. The number of hydrogen-bond acceptors (Lipinski definition) is 6. The van der Waals surface area contributed by atoms with E-state index in [0.717, 1.165) is 54.4 Å². The average Bonchev–Trinajstić information content (AvgIpc) is 3.20. The Morgan fingerprint density at radius 1 is 0.610 bits per heavy atom. The lowest BCUT2D eigenvalue weighted by atomic mass is 9.94. The van der Waals surface area contributed by atoms with Crippen LogP contribution in [0.1, 0.15) is 170 Å². The molecule has 0 heterocycles. The Labute approximate surface area is 357 Å². The van der Waals surface area contributed by atoms with Gasteiger partial charge in [0.1, 0.15) is 17.2 Å². The second-order valence-corrected chi connectivity index (χ2v) is 16.1. The monoisotopic (exact) mass is 819 g/mol. The Morgan fingerprint density at radius 2 is 1.07 bits per heavy atom. The van der Waals surface area contributed by atoms with E-state index in [1.165, 1.54) is 23.1 Å². The number of aryl methyl sites for hydroxylation is 4. The first kappa shape index (κ1) is 56.3. The second kappa shape index (κ2) is 30.3. The summed E-state index contributed by atoms with van der Waals surface area (Å²) in [5.74, 6) is 0.340. The van der Waals surface area contributed by atoms with E-state index < -0.39 is 11.9 Å². The number of carboxylic acids is 2. The minimum Gasteiger partial charge on any atom is -0.508 e. The predicted octanol–water partition coefficient (Wildman–Crippen LogP) is 13.4. The molecule has 0 aromatic heterocycles. The van der Waals surface area contributed by atoms with Gasteiger partial charge in [0, 0.05) is 0 Å². The number of benzene rings is 4. The van der Waals surface area contributed by atoms with Gasteiger partial charge in [-0.3, -0.25) is 4.79 Å². The van der Waals surface area contributed by atoms with E-state index >= 15 is 0 Å². The molecule has 59 heavy (non-hydrogen) atoms. The van der Waals surface area contributed by atoms with Gasteiger partial charge in [-0.1, -0.05) is 120 Å². The first-order chi connectivity index (χ1) is 27.5. The minimum absolute atomic E-state index is 0.0509. The molecule has 8 nitrogen and oxygen atoms in total. The van der Waals surface area contributed by atoms with Crippen LogP contribution in [0.2, 0.25) is 0 Å². The molecule has 4 rings (SSSR count). The summed E-state index contributed by atoms with van der Waals surface area (Å²) in [7, 11) is 0. The number of phenolic OH excluding ortho intramolecular Hbond substituents is 3. The Kier molecular flexibility index (Phi) is 28.9. The van der Waals surface area contributed by atoms with Crippen molar-refractivity contribution < 1.29 is 40.2 Å². The summed E-state index contributed by atoms with van der Waals surface area (Å²) in [5, 5.41) is 53.3. The fourth-order valence-corrected chi connectivity index (χ4v) is 4.86. The summed E-state index contributed by atoms with van der Waals surface area (Å²) in [6.45, 7) is 29.1. The van der Waals surface area contributed by atoms with Crippen molar-refractivity contribution in [3.63, 3.8) is 0 Å². The molecule has 8 heteroatoms. The number of hydrogen-bond donors (Lipinski definition) is 6. The highest BCUT2D eigenvalue weighted by Gasteiger charge is 2.07. The fraction of sp³-hybridized carbons (Fsp3) is 0.490. The number of aromatic hydroxyl groups is 3. The van der Waals surface area contributed by atoms with Crippen molar-refractivity contribution in [2.75, 3.05) is 0 Å². The van der Waals surface area contributed by atoms with E-state index in [1.54, 1.807) is 55.5 Å². The van der Waals surface area contributed by atoms with Crippen molar-refractivity contribution in [3.8, 4) is 17.2 Å². The van der Waals surface area contributed by atoms with Crippen LogP contribution in [-0.4, -0.2) is 42.6 Å². The summed E-state index contributed by atoms with van der Waals surface area (Å²) >= 11 is 0. The van der Waals surface area contributed by atoms with Crippen LogP contribution >= 0.6 is 0 Å². The molecule has 3 unspecified atom stereocenters. The normalized spacial score (nSPS) is 11.7. The molecule has 4 aromatic carbocycles. The van der Waals surface area contributed by atoms with E-state index in [0.29, 0.717) is 34.3 Å². The molecule has 0 bridgehead atoms. The molecule has 4 aromatic rings. The van der Waals surface area contributed by atoms with Crippen LogP contribution in [0.15, 0.2) is 78.9 Å². The minimum atomic E-state index is -0.865. The molecular formula is C51H78O8. The summed E-state index contributed by atoms with van der Waals surface area (Å²) in [6.07, 6.45) is 6.03. The summed E-state index contributed by atoms with van der Waals surface area (Å²) in [5.41, 5.74) is 8.62. The lowest BCUT2D eigenvalue weighted by molar-refractivity contribution is -0.141. The topological polar surface area (TPSA) is 156 Å². The summed E-state index contributed by atoms with van der Waals surface area (Å²) < 4.78 is 0. The van der Waals surface area contributed by atoms with Gasteiger partial charge in [-0.15, -0.1) is 0 Å². The maximum atomic E-state index is 10.6. The van der Waals surface area contributed by atoms with E-state index in [2.05, 4.69) is 68.4 Å².